The molecule has 0 aliphatic heterocycles. The van der Waals surface area contributed by atoms with Gasteiger partial charge in [0.2, 0.25) is 11.9 Å². The van der Waals surface area contributed by atoms with Crippen molar-refractivity contribution >= 4 is 24.4 Å². The third-order valence-corrected chi connectivity index (χ3v) is 3.32. The zero-order valence-electron chi connectivity index (χ0n) is 13.7. The van der Waals surface area contributed by atoms with Crippen LogP contribution in [0.2, 0.25) is 0 Å². The van der Waals surface area contributed by atoms with Crippen molar-refractivity contribution in [1.82, 2.24) is 14.5 Å². The first-order chi connectivity index (χ1) is 12.2. The number of pyridine rings is 1. The number of aromatic nitrogens is 3. The Morgan fingerprint density at radius 3 is 2.84 bits per heavy atom. The molecule has 0 aliphatic rings. The van der Waals surface area contributed by atoms with E-state index in [1.54, 1.807) is 29.1 Å². The fourth-order valence-corrected chi connectivity index (χ4v) is 2.19. The highest BCUT2D eigenvalue weighted by Gasteiger charge is 2.06. The molecule has 126 valence electrons. The molecule has 0 amide bonds. The molecule has 0 saturated carbocycles. The summed E-state index contributed by atoms with van der Waals surface area (Å²) in [4.78, 5) is 12.2. The molecule has 1 aromatic carbocycles. The highest BCUT2D eigenvalue weighted by atomic mass is 19.1. The van der Waals surface area contributed by atoms with Gasteiger partial charge in [0, 0.05) is 30.9 Å². The number of nitrogens with zero attached hydrogens (tertiary/aromatic N) is 4. The third kappa shape index (κ3) is 4.60. The Balaban J connectivity index is 1.77. The largest absolute Gasteiger partial charge is 0.487 e. The van der Waals surface area contributed by atoms with Crippen LogP contribution in [0.4, 0.5) is 10.3 Å². The number of aliphatic imine (C=N–C) groups is 1. The standard InChI is InChI=1S/C19H17FN4O/c1-2-21-19-23-16(14-25-17-6-4-3-5-7-17)13-24(19)11-9-15-8-10-22-18(20)12-15/h2-13H,14H2,1H3/b11-9+,21-2-. The molecule has 0 radical (unpaired) electrons. The SMILES string of the molecule is C/C=N\c1nc(COc2ccccc2)cn1/C=C/c1ccnc(F)c1. The van der Waals surface area contributed by atoms with Crippen LogP contribution in [0.25, 0.3) is 12.3 Å². The van der Waals surface area contributed by atoms with E-state index in [9.17, 15) is 4.39 Å². The predicted octanol–water partition coefficient (Wildman–Crippen LogP) is 4.35. The summed E-state index contributed by atoms with van der Waals surface area (Å²) in [5.74, 6) is 0.789. The van der Waals surface area contributed by atoms with Crippen molar-refractivity contribution in [1.29, 1.82) is 0 Å². The van der Waals surface area contributed by atoms with E-state index < -0.39 is 5.95 Å². The van der Waals surface area contributed by atoms with Gasteiger partial charge in [0.25, 0.3) is 0 Å². The number of hydrogen-bond acceptors (Lipinski definition) is 4. The van der Waals surface area contributed by atoms with Gasteiger partial charge in [0.05, 0.1) is 5.69 Å². The van der Waals surface area contributed by atoms with Gasteiger partial charge in [-0.1, -0.05) is 18.2 Å². The van der Waals surface area contributed by atoms with Crippen LogP contribution in [0.1, 0.15) is 18.2 Å². The van der Waals surface area contributed by atoms with Crippen molar-refractivity contribution in [2.24, 2.45) is 4.99 Å². The van der Waals surface area contributed by atoms with E-state index in [1.807, 2.05) is 43.5 Å². The van der Waals surface area contributed by atoms with Gasteiger partial charge in [-0.3, -0.25) is 4.57 Å². The first-order valence-corrected chi connectivity index (χ1v) is 7.78. The van der Waals surface area contributed by atoms with Crippen LogP contribution >= 0.6 is 0 Å². The molecule has 0 fully saturated rings. The number of hydrogen-bond donors (Lipinski definition) is 0. The number of halogens is 1. The van der Waals surface area contributed by atoms with Crippen LogP contribution in [-0.4, -0.2) is 20.7 Å². The molecule has 5 nitrogen and oxygen atoms in total. The van der Waals surface area contributed by atoms with Crippen LogP contribution in [0.15, 0.2) is 59.9 Å². The van der Waals surface area contributed by atoms with E-state index in [2.05, 4.69) is 15.0 Å². The van der Waals surface area contributed by atoms with Crippen LogP contribution in [0.5, 0.6) is 5.75 Å². The minimum absolute atomic E-state index is 0.334. The molecule has 0 aliphatic carbocycles. The van der Waals surface area contributed by atoms with Crippen LogP contribution in [0, 0.1) is 5.95 Å². The number of ether oxygens (including phenoxy) is 1. The van der Waals surface area contributed by atoms with Crippen LogP contribution < -0.4 is 4.74 Å². The van der Waals surface area contributed by atoms with Crippen molar-refractivity contribution in [3.8, 4) is 5.75 Å². The Morgan fingerprint density at radius 2 is 2.08 bits per heavy atom. The molecular weight excluding hydrogens is 319 g/mol. The molecule has 3 aromatic rings. The van der Waals surface area contributed by atoms with Gasteiger partial charge in [-0.2, -0.15) is 4.39 Å². The number of benzene rings is 1. The lowest BCUT2D eigenvalue weighted by Crippen LogP contribution is -1.95. The minimum Gasteiger partial charge on any atom is -0.487 e. The molecule has 0 saturated heterocycles. The number of rotatable bonds is 6. The Hall–Kier alpha value is -3.28. The Kier molecular flexibility index (Phi) is 5.31. The lowest BCUT2D eigenvalue weighted by Gasteiger charge is -2.02. The van der Waals surface area contributed by atoms with Gasteiger partial charge >= 0.3 is 0 Å². The Labute approximate surface area is 145 Å². The van der Waals surface area contributed by atoms with Crippen molar-refractivity contribution in [2.45, 2.75) is 13.5 Å². The molecule has 2 heterocycles. The number of imidazole rings is 1. The molecule has 0 bridgehead atoms. The van der Waals surface area contributed by atoms with Gasteiger partial charge in [-0.25, -0.2) is 15.0 Å². The summed E-state index contributed by atoms with van der Waals surface area (Å²) in [6.07, 6.45) is 8.46. The van der Waals surface area contributed by atoms with Crippen LogP contribution in [0.3, 0.4) is 0 Å². The molecule has 0 unspecified atom stereocenters. The van der Waals surface area contributed by atoms with Crippen LogP contribution in [-0.2, 0) is 6.61 Å². The monoisotopic (exact) mass is 336 g/mol. The minimum atomic E-state index is -0.517. The quantitative estimate of drug-likeness (QED) is 0.497. The third-order valence-electron chi connectivity index (χ3n) is 3.32. The van der Waals surface area contributed by atoms with Crippen molar-refractivity contribution in [3.63, 3.8) is 0 Å². The molecule has 3 rings (SSSR count). The highest BCUT2D eigenvalue weighted by Crippen LogP contribution is 2.17. The zero-order valence-corrected chi connectivity index (χ0v) is 13.7. The number of para-hydroxylation sites is 1. The summed E-state index contributed by atoms with van der Waals surface area (Å²) in [5.41, 5.74) is 1.45. The maximum absolute atomic E-state index is 13.2. The zero-order chi connectivity index (χ0) is 17.5. The normalized spacial score (nSPS) is 11.4. The molecule has 0 atom stereocenters. The second-order valence-corrected chi connectivity index (χ2v) is 5.16. The summed E-state index contributed by atoms with van der Waals surface area (Å²) >= 11 is 0. The summed E-state index contributed by atoms with van der Waals surface area (Å²) in [7, 11) is 0. The van der Waals surface area contributed by atoms with E-state index in [0.29, 0.717) is 18.1 Å². The lowest BCUT2D eigenvalue weighted by molar-refractivity contribution is 0.302. The summed E-state index contributed by atoms with van der Waals surface area (Å²) in [5, 5.41) is 0. The molecule has 0 spiro atoms. The van der Waals surface area contributed by atoms with Gasteiger partial charge in [-0.15, -0.1) is 0 Å². The van der Waals surface area contributed by atoms with Gasteiger partial charge in [-0.05, 0) is 36.8 Å². The first kappa shape index (κ1) is 16.6. The van der Waals surface area contributed by atoms with Crippen molar-refractivity contribution < 1.29 is 9.13 Å². The average Bonchev–Trinajstić information content (AvgIpc) is 3.01. The van der Waals surface area contributed by atoms with Crippen molar-refractivity contribution in [2.75, 3.05) is 0 Å². The topological polar surface area (TPSA) is 52.3 Å². The Morgan fingerprint density at radius 1 is 1.24 bits per heavy atom. The molecule has 0 N–H and O–H groups in total. The molecule has 6 heteroatoms. The van der Waals surface area contributed by atoms with E-state index in [0.717, 1.165) is 11.4 Å². The smallest absolute Gasteiger partial charge is 0.233 e. The molecule has 2 aromatic heterocycles. The average molecular weight is 336 g/mol. The predicted molar refractivity (Wildman–Crippen MR) is 96.2 cm³/mol. The first-order valence-electron chi connectivity index (χ1n) is 7.78. The van der Waals surface area contributed by atoms with Gasteiger partial charge in [0.15, 0.2) is 0 Å². The van der Waals surface area contributed by atoms with E-state index in [4.69, 9.17) is 4.74 Å². The summed E-state index contributed by atoms with van der Waals surface area (Å²) in [6.45, 7) is 2.15. The second-order valence-electron chi connectivity index (χ2n) is 5.16. The van der Waals surface area contributed by atoms with E-state index in [-0.39, 0.29) is 0 Å². The van der Waals surface area contributed by atoms with Crippen molar-refractivity contribution in [3.05, 3.63) is 72.1 Å². The highest BCUT2D eigenvalue weighted by molar-refractivity contribution is 5.63. The Bertz CT molecular complexity index is 887. The second kappa shape index (κ2) is 8.01. The maximum atomic E-state index is 13.2. The van der Waals surface area contributed by atoms with Gasteiger partial charge in [0.1, 0.15) is 12.4 Å². The summed E-state index contributed by atoms with van der Waals surface area (Å²) in [6, 6.07) is 12.6. The fraction of sp³-hybridized carbons (Fsp3) is 0.105. The summed E-state index contributed by atoms with van der Waals surface area (Å²) < 4.78 is 20.6. The van der Waals surface area contributed by atoms with E-state index in [1.165, 1.54) is 12.3 Å². The maximum Gasteiger partial charge on any atom is 0.233 e. The fourth-order valence-electron chi connectivity index (χ4n) is 2.19. The van der Waals surface area contributed by atoms with E-state index >= 15 is 0 Å². The molecular formula is C19H17FN4O. The molecule has 25 heavy (non-hydrogen) atoms. The lowest BCUT2D eigenvalue weighted by atomic mass is 10.2. The van der Waals surface area contributed by atoms with Gasteiger partial charge < -0.3 is 4.74 Å².